The van der Waals surface area contributed by atoms with Gasteiger partial charge in [0.2, 0.25) is 5.91 Å². The molecule has 0 bridgehead atoms. The van der Waals surface area contributed by atoms with Crippen LogP contribution in [0, 0.1) is 0 Å². The van der Waals surface area contributed by atoms with Gasteiger partial charge in [-0.3, -0.25) is 4.79 Å². The first kappa shape index (κ1) is 15.5. The van der Waals surface area contributed by atoms with Gasteiger partial charge in [0.1, 0.15) is 5.75 Å². The van der Waals surface area contributed by atoms with Crippen molar-refractivity contribution in [1.82, 2.24) is 10.6 Å². The van der Waals surface area contributed by atoms with Crippen LogP contribution in [0.2, 0.25) is 0 Å². The van der Waals surface area contributed by atoms with Gasteiger partial charge in [-0.2, -0.15) is 0 Å². The summed E-state index contributed by atoms with van der Waals surface area (Å²) in [7, 11) is 3.30. The average molecular weight is 266 g/mol. The van der Waals surface area contributed by atoms with Crippen molar-refractivity contribution in [3.8, 4) is 5.75 Å². The molecule has 2 N–H and O–H groups in total. The molecular weight excluding hydrogens is 244 g/mol. The number of amides is 1. The highest BCUT2D eigenvalue weighted by Crippen LogP contribution is 2.17. The summed E-state index contributed by atoms with van der Waals surface area (Å²) in [6, 6.07) is 7.82. The minimum atomic E-state index is -0.0179. The summed E-state index contributed by atoms with van der Waals surface area (Å²) in [6.45, 7) is 2.58. The lowest BCUT2D eigenvalue weighted by molar-refractivity contribution is -0.121. The molecule has 106 valence electrons. The molecule has 5 nitrogen and oxygen atoms in total. The lowest BCUT2D eigenvalue weighted by Gasteiger charge is -2.11. The highest BCUT2D eigenvalue weighted by Gasteiger charge is 2.04. The first-order valence-corrected chi connectivity index (χ1v) is 6.39. The molecule has 0 unspecified atom stereocenters. The monoisotopic (exact) mass is 266 g/mol. The Morgan fingerprint density at radius 3 is 2.79 bits per heavy atom. The second-order valence-electron chi connectivity index (χ2n) is 4.05. The van der Waals surface area contributed by atoms with E-state index < -0.39 is 0 Å². The summed E-state index contributed by atoms with van der Waals surface area (Å²) in [5.41, 5.74) is 1.08. The van der Waals surface area contributed by atoms with Crippen molar-refractivity contribution in [2.24, 2.45) is 0 Å². The highest BCUT2D eigenvalue weighted by atomic mass is 16.5. The topological polar surface area (TPSA) is 59.6 Å². The summed E-state index contributed by atoms with van der Waals surface area (Å²) in [5, 5.41) is 5.84. The highest BCUT2D eigenvalue weighted by molar-refractivity contribution is 5.75. The number of methoxy groups -OCH3 is 1. The van der Waals surface area contributed by atoms with E-state index in [0.29, 0.717) is 19.6 Å². The molecule has 0 aliphatic heterocycles. The van der Waals surface area contributed by atoms with Gasteiger partial charge in [-0.25, -0.2) is 0 Å². The molecule has 0 heterocycles. The van der Waals surface area contributed by atoms with E-state index in [2.05, 4.69) is 10.6 Å². The van der Waals surface area contributed by atoms with Gasteiger partial charge in [-0.1, -0.05) is 18.2 Å². The van der Waals surface area contributed by atoms with E-state index in [-0.39, 0.29) is 5.91 Å². The molecule has 0 spiro atoms. The van der Waals surface area contributed by atoms with E-state index in [1.54, 1.807) is 14.2 Å². The van der Waals surface area contributed by atoms with Crippen LogP contribution in [0.15, 0.2) is 24.3 Å². The molecule has 0 radical (unpaired) electrons. The summed E-state index contributed by atoms with van der Waals surface area (Å²) in [5.74, 6) is 0.798. The summed E-state index contributed by atoms with van der Waals surface area (Å²) >= 11 is 0. The molecule has 1 rings (SSSR count). The molecule has 1 aromatic carbocycles. The SMILES string of the molecule is CNC(=O)CCOc1ccccc1CNCCOC. The third-order valence-corrected chi connectivity index (χ3v) is 2.64. The van der Waals surface area contributed by atoms with Crippen LogP contribution in [0.4, 0.5) is 0 Å². The molecule has 1 aromatic rings. The third kappa shape index (κ3) is 6.22. The van der Waals surface area contributed by atoms with Crippen molar-refractivity contribution in [2.45, 2.75) is 13.0 Å². The van der Waals surface area contributed by atoms with E-state index in [1.165, 1.54) is 0 Å². The van der Waals surface area contributed by atoms with Gasteiger partial charge in [0.15, 0.2) is 0 Å². The van der Waals surface area contributed by atoms with E-state index in [0.717, 1.165) is 24.4 Å². The smallest absolute Gasteiger partial charge is 0.223 e. The van der Waals surface area contributed by atoms with Crippen LogP contribution in [-0.4, -0.2) is 39.8 Å². The van der Waals surface area contributed by atoms with E-state index >= 15 is 0 Å². The van der Waals surface area contributed by atoms with E-state index in [1.807, 2.05) is 24.3 Å². The summed E-state index contributed by atoms with van der Waals surface area (Å²) in [6.07, 6.45) is 0.363. The van der Waals surface area contributed by atoms with Crippen LogP contribution in [-0.2, 0) is 16.1 Å². The molecule has 0 aliphatic carbocycles. The summed E-state index contributed by atoms with van der Waals surface area (Å²) in [4.78, 5) is 11.1. The molecule has 0 saturated heterocycles. The minimum Gasteiger partial charge on any atom is -0.493 e. The Balaban J connectivity index is 2.41. The van der Waals surface area contributed by atoms with Gasteiger partial charge in [0, 0.05) is 32.8 Å². The molecule has 0 aromatic heterocycles. The van der Waals surface area contributed by atoms with Crippen LogP contribution < -0.4 is 15.4 Å². The first-order valence-electron chi connectivity index (χ1n) is 6.39. The van der Waals surface area contributed by atoms with Gasteiger partial charge in [-0.15, -0.1) is 0 Å². The molecular formula is C14H22N2O3. The second-order valence-corrected chi connectivity index (χ2v) is 4.05. The number of carbonyl (C=O) groups is 1. The number of nitrogens with one attached hydrogen (secondary N) is 2. The Kier molecular flexibility index (Phi) is 7.62. The molecule has 0 aliphatic rings. The second kappa shape index (κ2) is 9.35. The Labute approximate surface area is 114 Å². The number of hydrogen-bond acceptors (Lipinski definition) is 4. The fraction of sp³-hybridized carbons (Fsp3) is 0.500. The zero-order valence-corrected chi connectivity index (χ0v) is 11.6. The lowest BCUT2D eigenvalue weighted by Crippen LogP contribution is -2.21. The molecule has 0 saturated carbocycles. The molecule has 5 heteroatoms. The van der Waals surface area contributed by atoms with Gasteiger partial charge in [0.05, 0.1) is 19.6 Å². The largest absolute Gasteiger partial charge is 0.493 e. The number of rotatable bonds is 9. The Morgan fingerprint density at radius 1 is 1.26 bits per heavy atom. The first-order chi connectivity index (χ1) is 9.27. The van der Waals surface area contributed by atoms with Crippen molar-refractivity contribution in [1.29, 1.82) is 0 Å². The van der Waals surface area contributed by atoms with Crippen molar-refractivity contribution in [2.75, 3.05) is 33.9 Å². The molecule has 0 atom stereocenters. The van der Waals surface area contributed by atoms with Gasteiger partial charge < -0.3 is 20.1 Å². The van der Waals surface area contributed by atoms with Crippen LogP contribution in [0.25, 0.3) is 0 Å². The van der Waals surface area contributed by atoms with Crippen molar-refractivity contribution >= 4 is 5.91 Å². The predicted molar refractivity (Wildman–Crippen MR) is 74.2 cm³/mol. The van der Waals surface area contributed by atoms with Crippen molar-refractivity contribution < 1.29 is 14.3 Å². The Hall–Kier alpha value is -1.59. The molecule has 1 amide bonds. The molecule has 19 heavy (non-hydrogen) atoms. The maximum atomic E-state index is 11.1. The number of carbonyl (C=O) groups excluding carboxylic acids is 1. The van der Waals surface area contributed by atoms with Crippen molar-refractivity contribution in [3.63, 3.8) is 0 Å². The fourth-order valence-electron chi connectivity index (χ4n) is 1.57. The zero-order valence-electron chi connectivity index (χ0n) is 11.6. The van der Waals surface area contributed by atoms with Crippen LogP contribution >= 0.6 is 0 Å². The van der Waals surface area contributed by atoms with Gasteiger partial charge >= 0.3 is 0 Å². The number of para-hydroxylation sites is 1. The average Bonchev–Trinajstić information content (AvgIpc) is 2.44. The van der Waals surface area contributed by atoms with Crippen LogP contribution in [0.3, 0.4) is 0 Å². The van der Waals surface area contributed by atoms with Crippen LogP contribution in [0.5, 0.6) is 5.75 Å². The van der Waals surface area contributed by atoms with E-state index in [9.17, 15) is 4.79 Å². The number of ether oxygens (including phenoxy) is 2. The third-order valence-electron chi connectivity index (χ3n) is 2.64. The van der Waals surface area contributed by atoms with Gasteiger partial charge in [-0.05, 0) is 6.07 Å². The van der Waals surface area contributed by atoms with Gasteiger partial charge in [0.25, 0.3) is 0 Å². The predicted octanol–water partition coefficient (Wildman–Crippen LogP) is 0.938. The normalized spacial score (nSPS) is 10.2. The van der Waals surface area contributed by atoms with E-state index in [4.69, 9.17) is 9.47 Å². The zero-order chi connectivity index (χ0) is 13.9. The number of hydrogen-bond donors (Lipinski definition) is 2. The van der Waals surface area contributed by atoms with Crippen LogP contribution in [0.1, 0.15) is 12.0 Å². The maximum Gasteiger partial charge on any atom is 0.223 e. The molecule has 0 fully saturated rings. The lowest BCUT2D eigenvalue weighted by atomic mass is 10.2. The number of benzene rings is 1. The standard InChI is InChI=1S/C14H22N2O3/c1-15-14(17)7-9-19-13-6-4-3-5-12(13)11-16-8-10-18-2/h3-6,16H,7-11H2,1-2H3,(H,15,17). The Bertz CT molecular complexity index is 383. The fourth-order valence-corrected chi connectivity index (χ4v) is 1.57. The quantitative estimate of drug-likeness (QED) is 0.653. The van der Waals surface area contributed by atoms with Crippen molar-refractivity contribution in [3.05, 3.63) is 29.8 Å². The maximum absolute atomic E-state index is 11.1. The Morgan fingerprint density at radius 2 is 2.05 bits per heavy atom. The minimum absolute atomic E-state index is 0.0179. The summed E-state index contributed by atoms with van der Waals surface area (Å²) < 4.78 is 10.6.